The molecule has 1 aliphatic rings. The van der Waals surface area contributed by atoms with E-state index in [0.717, 1.165) is 69.5 Å². The molecular formula is C21H39N7O2. The minimum atomic E-state index is 0.0549. The molecule has 3 N–H and O–H groups in total. The Morgan fingerprint density at radius 1 is 1.33 bits per heavy atom. The molecule has 0 spiro atoms. The van der Waals surface area contributed by atoms with Crippen LogP contribution in [0.4, 0.5) is 0 Å². The van der Waals surface area contributed by atoms with Crippen LogP contribution in [-0.4, -0.2) is 58.5 Å². The number of guanidine groups is 1. The first-order valence-corrected chi connectivity index (χ1v) is 11.2. The predicted octanol–water partition coefficient (Wildman–Crippen LogP) is 1.67. The summed E-state index contributed by atoms with van der Waals surface area (Å²) in [6.07, 6.45) is 4.74. The smallest absolute Gasteiger partial charge is 0.223 e. The number of nitrogens with zero attached hydrogens (tertiary/aromatic N) is 4. The van der Waals surface area contributed by atoms with E-state index in [4.69, 9.17) is 9.73 Å². The van der Waals surface area contributed by atoms with Crippen LogP contribution in [0.15, 0.2) is 4.99 Å². The monoisotopic (exact) mass is 421 g/mol. The van der Waals surface area contributed by atoms with Crippen LogP contribution in [0.25, 0.3) is 0 Å². The highest BCUT2D eigenvalue weighted by atomic mass is 16.5. The van der Waals surface area contributed by atoms with Gasteiger partial charge in [-0.1, -0.05) is 6.42 Å². The van der Waals surface area contributed by atoms with Gasteiger partial charge in [0.05, 0.1) is 0 Å². The maximum Gasteiger partial charge on any atom is 0.223 e. The van der Waals surface area contributed by atoms with Gasteiger partial charge in [0, 0.05) is 44.8 Å². The molecular weight excluding hydrogens is 382 g/mol. The molecule has 1 fully saturated rings. The van der Waals surface area contributed by atoms with E-state index in [1.54, 1.807) is 0 Å². The zero-order valence-corrected chi connectivity index (χ0v) is 19.2. The molecule has 0 aromatic carbocycles. The van der Waals surface area contributed by atoms with Crippen molar-refractivity contribution in [1.82, 2.24) is 30.7 Å². The van der Waals surface area contributed by atoms with Gasteiger partial charge in [-0.2, -0.15) is 0 Å². The fourth-order valence-electron chi connectivity index (χ4n) is 3.57. The van der Waals surface area contributed by atoms with Crippen LogP contribution >= 0.6 is 0 Å². The summed E-state index contributed by atoms with van der Waals surface area (Å²) in [6.45, 7) is 10.6. The van der Waals surface area contributed by atoms with E-state index in [0.29, 0.717) is 6.54 Å². The van der Waals surface area contributed by atoms with E-state index in [1.165, 1.54) is 0 Å². The number of rotatable bonds is 10. The number of carbonyl (C=O) groups excluding carboxylic acids is 1. The summed E-state index contributed by atoms with van der Waals surface area (Å²) in [4.78, 5) is 17.2. The third-order valence-electron chi connectivity index (χ3n) is 5.34. The van der Waals surface area contributed by atoms with E-state index >= 15 is 0 Å². The molecule has 1 heterocycles. The Morgan fingerprint density at radius 3 is 2.80 bits per heavy atom. The van der Waals surface area contributed by atoms with Crippen molar-refractivity contribution in [1.29, 1.82) is 0 Å². The lowest BCUT2D eigenvalue weighted by molar-refractivity contribution is -0.126. The average molecular weight is 422 g/mol. The van der Waals surface area contributed by atoms with Crippen LogP contribution in [0, 0.1) is 12.8 Å². The lowest BCUT2D eigenvalue weighted by atomic mass is 9.85. The number of aromatic nitrogens is 3. The fraction of sp³-hybridized carbons (Fsp3) is 0.810. The van der Waals surface area contributed by atoms with Crippen molar-refractivity contribution in [2.24, 2.45) is 18.0 Å². The summed E-state index contributed by atoms with van der Waals surface area (Å²) in [5.74, 6) is 2.65. The summed E-state index contributed by atoms with van der Waals surface area (Å²) in [5.41, 5.74) is 0. The highest BCUT2D eigenvalue weighted by molar-refractivity contribution is 5.81. The molecule has 2 unspecified atom stereocenters. The largest absolute Gasteiger partial charge is 0.382 e. The van der Waals surface area contributed by atoms with Crippen molar-refractivity contribution < 1.29 is 9.53 Å². The number of hydrogen-bond donors (Lipinski definition) is 3. The molecule has 0 aliphatic heterocycles. The van der Waals surface area contributed by atoms with Crippen LogP contribution in [0.5, 0.6) is 0 Å². The molecule has 0 radical (unpaired) electrons. The number of carbonyl (C=O) groups is 1. The van der Waals surface area contributed by atoms with Gasteiger partial charge in [-0.3, -0.25) is 4.79 Å². The highest BCUT2D eigenvalue weighted by Gasteiger charge is 2.28. The average Bonchev–Trinajstić information content (AvgIpc) is 3.03. The second-order valence-electron chi connectivity index (χ2n) is 8.23. The molecule has 0 bridgehead atoms. The molecule has 1 aromatic rings. The van der Waals surface area contributed by atoms with Crippen LogP contribution in [-0.2, 0) is 23.1 Å². The minimum absolute atomic E-state index is 0.0549. The van der Waals surface area contributed by atoms with Crippen molar-refractivity contribution >= 4 is 11.9 Å². The number of hydrogen-bond acceptors (Lipinski definition) is 5. The van der Waals surface area contributed by atoms with Gasteiger partial charge in [0.25, 0.3) is 0 Å². The van der Waals surface area contributed by atoms with Crippen LogP contribution in [0.1, 0.15) is 64.5 Å². The molecule has 1 amide bonds. The van der Waals surface area contributed by atoms with Gasteiger partial charge in [-0.15, -0.1) is 10.2 Å². The van der Waals surface area contributed by atoms with E-state index in [1.807, 2.05) is 39.3 Å². The van der Waals surface area contributed by atoms with Gasteiger partial charge in [0.1, 0.15) is 12.4 Å². The van der Waals surface area contributed by atoms with Gasteiger partial charge in [-0.05, 0) is 53.4 Å². The van der Waals surface area contributed by atoms with Crippen molar-refractivity contribution in [2.45, 2.75) is 78.4 Å². The molecule has 1 aliphatic carbocycles. The zero-order chi connectivity index (χ0) is 21.9. The van der Waals surface area contributed by atoms with E-state index < -0.39 is 0 Å². The second-order valence-corrected chi connectivity index (χ2v) is 8.23. The Kier molecular flexibility index (Phi) is 10.1. The second kappa shape index (κ2) is 12.5. The zero-order valence-electron chi connectivity index (χ0n) is 19.2. The Bertz CT molecular complexity index is 687. The first kappa shape index (κ1) is 24.1. The molecule has 2 atom stereocenters. The maximum atomic E-state index is 12.4. The van der Waals surface area contributed by atoms with Crippen molar-refractivity contribution in [3.05, 3.63) is 11.6 Å². The lowest BCUT2D eigenvalue weighted by Crippen LogP contribution is -2.48. The summed E-state index contributed by atoms with van der Waals surface area (Å²) in [6, 6.07) is 0.394. The number of aryl methyl sites for hydroxylation is 1. The van der Waals surface area contributed by atoms with Gasteiger partial charge in [0.2, 0.25) is 5.91 Å². The van der Waals surface area contributed by atoms with Gasteiger partial charge >= 0.3 is 0 Å². The number of nitrogens with one attached hydrogen (secondary N) is 3. The SMILES string of the molecule is CCOCCCNC(=NCc1nnc(C)n1C)NC1CCCC(C(=O)NC(C)C)C1. The number of ether oxygens (including phenoxy) is 1. The first-order valence-electron chi connectivity index (χ1n) is 11.2. The Balaban J connectivity index is 1.97. The third kappa shape index (κ3) is 7.93. The summed E-state index contributed by atoms with van der Waals surface area (Å²) >= 11 is 0. The molecule has 9 heteroatoms. The van der Waals surface area contributed by atoms with Crippen molar-refractivity contribution in [2.75, 3.05) is 19.8 Å². The normalized spacial score (nSPS) is 19.7. The summed E-state index contributed by atoms with van der Waals surface area (Å²) in [7, 11) is 1.95. The Hall–Kier alpha value is -2.16. The van der Waals surface area contributed by atoms with E-state index in [-0.39, 0.29) is 23.9 Å². The summed E-state index contributed by atoms with van der Waals surface area (Å²) in [5, 5.41) is 18.3. The number of amides is 1. The van der Waals surface area contributed by atoms with Gasteiger partial charge in [0.15, 0.2) is 11.8 Å². The molecule has 1 saturated carbocycles. The maximum absolute atomic E-state index is 12.4. The van der Waals surface area contributed by atoms with Crippen LogP contribution in [0.2, 0.25) is 0 Å². The first-order chi connectivity index (χ1) is 14.4. The van der Waals surface area contributed by atoms with Crippen molar-refractivity contribution in [3.8, 4) is 0 Å². The van der Waals surface area contributed by atoms with Crippen LogP contribution in [0.3, 0.4) is 0 Å². The van der Waals surface area contributed by atoms with Gasteiger partial charge < -0.3 is 25.3 Å². The van der Waals surface area contributed by atoms with Crippen LogP contribution < -0.4 is 16.0 Å². The fourth-order valence-corrected chi connectivity index (χ4v) is 3.57. The quantitative estimate of drug-likeness (QED) is 0.301. The molecule has 0 saturated heterocycles. The predicted molar refractivity (Wildman–Crippen MR) is 118 cm³/mol. The standard InChI is InChI=1S/C21H39N7O2/c1-6-30-12-8-11-22-21(23-14-19-27-26-16(4)28(19)5)25-18-10-7-9-17(13-18)20(29)24-15(2)3/h15,17-18H,6-14H2,1-5H3,(H,24,29)(H2,22,23,25). The van der Waals surface area contributed by atoms with Crippen molar-refractivity contribution in [3.63, 3.8) is 0 Å². The highest BCUT2D eigenvalue weighted by Crippen LogP contribution is 2.24. The molecule has 30 heavy (non-hydrogen) atoms. The van der Waals surface area contributed by atoms with E-state index in [2.05, 4.69) is 26.1 Å². The topological polar surface area (TPSA) is 105 Å². The molecule has 170 valence electrons. The molecule has 9 nitrogen and oxygen atoms in total. The lowest BCUT2D eigenvalue weighted by Gasteiger charge is -2.30. The van der Waals surface area contributed by atoms with E-state index in [9.17, 15) is 4.79 Å². The summed E-state index contributed by atoms with van der Waals surface area (Å²) < 4.78 is 7.37. The Labute approximate surface area is 180 Å². The Morgan fingerprint density at radius 2 is 2.13 bits per heavy atom. The molecule has 1 aromatic heterocycles. The number of aliphatic imine (C=N–C) groups is 1. The minimum Gasteiger partial charge on any atom is -0.382 e. The third-order valence-corrected chi connectivity index (χ3v) is 5.34. The molecule has 2 rings (SSSR count). The van der Waals surface area contributed by atoms with Gasteiger partial charge in [-0.25, -0.2) is 4.99 Å².